The molecule has 1 heterocycles. The molecule has 1 aliphatic rings. The summed E-state index contributed by atoms with van der Waals surface area (Å²) in [4.78, 5) is 28.6. The van der Waals surface area contributed by atoms with Crippen molar-refractivity contribution in [1.82, 2.24) is 9.80 Å². The minimum atomic E-state index is -0.200. The van der Waals surface area contributed by atoms with Crippen LogP contribution in [0.4, 0.5) is 0 Å². The molecule has 2 atom stereocenters. The van der Waals surface area contributed by atoms with Crippen LogP contribution in [0, 0.1) is 5.92 Å². The molecule has 2 rings (SSSR count). The number of halogens is 2. The molecule has 2 unspecified atom stereocenters. The van der Waals surface area contributed by atoms with Crippen LogP contribution in [0.15, 0.2) is 24.3 Å². The lowest BCUT2D eigenvalue weighted by atomic mass is 10.0. The fraction of sp³-hybridized carbons (Fsp3) is 0.529. The van der Waals surface area contributed by atoms with Crippen molar-refractivity contribution in [2.75, 3.05) is 26.2 Å². The van der Waals surface area contributed by atoms with Crippen molar-refractivity contribution in [3.05, 3.63) is 34.9 Å². The lowest BCUT2D eigenvalue weighted by Crippen LogP contribution is -2.43. The van der Waals surface area contributed by atoms with Gasteiger partial charge in [0.15, 0.2) is 0 Å². The molecule has 24 heavy (non-hydrogen) atoms. The van der Waals surface area contributed by atoms with Crippen molar-refractivity contribution in [2.45, 2.75) is 26.3 Å². The van der Waals surface area contributed by atoms with Gasteiger partial charge in [0, 0.05) is 42.8 Å². The normalized spacial score (nSPS) is 17.5. The molecular weight excluding hydrogens is 349 g/mol. The number of benzene rings is 1. The van der Waals surface area contributed by atoms with Crippen LogP contribution in [0.25, 0.3) is 0 Å². The zero-order chi connectivity index (χ0) is 17.0. The molecule has 7 heteroatoms. The number of nitrogens with two attached hydrogens (primary N) is 1. The predicted molar refractivity (Wildman–Crippen MR) is 98.6 cm³/mol. The Morgan fingerprint density at radius 1 is 1.04 bits per heavy atom. The second kappa shape index (κ2) is 9.25. The number of hydrogen-bond donors (Lipinski definition) is 1. The summed E-state index contributed by atoms with van der Waals surface area (Å²) in [5, 5.41) is 0.610. The fourth-order valence-electron chi connectivity index (χ4n) is 2.63. The third-order valence-corrected chi connectivity index (χ3v) is 4.62. The molecular formula is C17H25Cl2N3O2. The Morgan fingerprint density at radius 2 is 1.58 bits per heavy atom. The molecule has 1 saturated heterocycles. The largest absolute Gasteiger partial charge is 0.341 e. The first-order chi connectivity index (χ1) is 10.9. The van der Waals surface area contributed by atoms with E-state index >= 15 is 0 Å². The highest BCUT2D eigenvalue weighted by Gasteiger charge is 2.26. The van der Waals surface area contributed by atoms with Crippen molar-refractivity contribution < 1.29 is 9.59 Å². The third kappa shape index (κ3) is 5.10. The molecule has 0 radical (unpaired) electrons. The molecule has 0 saturated carbocycles. The first-order valence-corrected chi connectivity index (χ1v) is 8.37. The first kappa shape index (κ1) is 20.7. The van der Waals surface area contributed by atoms with E-state index in [2.05, 4.69) is 0 Å². The summed E-state index contributed by atoms with van der Waals surface area (Å²) in [6, 6.07) is 6.73. The van der Waals surface area contributed by atoms with Gasteiger partial charge in [0.1, 0.15) is 0 Å². The Labute approximate surface area is 154 Å². The van der Waals surface area contributed by atoms with E-state index in [0.717, 1.165) is 6.42 Å². The highest BCUT2D eigenvalue weighted by molar-refractivity contribution is 6.30. The van der Waals surface area contributed by atoms with Gasteiger partial charge in [-0.2, -0.15) is 0 Å². The van der Waals surface area contributed by atoms with E-state index in [1.807, 2.05) is 18.7 Å². The van der Waals surface area contributed by atoms with Crippen LogP contribution >= 0.6 is 24.0 Å². The van der Waals surface area contributed by atoms with Crippen LogP contribution < -0.4 is 5.73 Å². The Hall–Kier alpha value is -1.30. The number of carbonyl (C=O) groups excluding carboxylic acids is 2. The summed E-state index contributed by atoms with van der Waals surface area (Å²) in [5.74, 6) is -0.148. The van der Waals surface area contributed by atoms with Crippen LogP contribution in [0.2, 0.25) is 5.02 Å². The fourth-order valence-corrected chi connectivity index (χ4v) is 2.75. The summed E-state index contributed by atoms with van der Waals surface area (Å²) < 4.78 is 0. The minimum Gasteiger partial charge on any atom is -0.341 e. The zero-order valence-electron chi connectivity index (χ0n) is 14.1. The maximum absolute atomic E-state index is 12.5. The average molecular weight is 374 g/mol. The quantitative estimate of drug-likeness (QED) is 0.884. The Bertz CT molecular complexity index is 563. The predicted octanol–water partition coefficient (Wildman–Crippen LogP) is 2.42. The Kier molecular flexibility index (Phi) is 8.00. The molecule has 0 aliphatic carbocycles. The lowest BCUT2D eigenvalue weighted by molar-refractivity contribution is -0.135. The maximum Gasteiger partial charge on any atom is 0.253 e. The van der Waals surface area contributed by atoms with Gasteiger partial charge in [-0.3, -0.25) is 9.59 Å². The summed E-state index contributed by atoms with van der Waals surface area (Å²) in [5.41, 5.74) is 6.45. The van der Waals surface area contributed by atoms with Crippen molar-refractivity contribution in [3.63, 3.8) is 0 Å². The van der Waals surface area contributed by atoms with Crippen LogP contribution in [0.1, 0.15) is 30.6 Å². The first-order valence-electron chi connectivity index (χ1n) is 7.99. The van der Waals surface area contributed by atoms with Crippen molar-refractivity contribution >= 4 is 35.8 Å². The number of rotatable bonds is 3. The van der Waals surface area contributed by atoms with Crippen molar-refractivity contribution in [1.29, 1.82) is 0 Å². The number of hydrogen-bond acceptors (Lipinski definition) is 3. The van der Waals surface area contributed by atoms with Crippen LogP contribution in [-0.4, -0.2) is 53.8 Å². The van der Waals surface area contributed by atoms with Crippen molar-refractivity contribution in [3.8, 4) is 0 Å². The minimum absolute atomic E-state index is 0. The van der Waals surface area contributed by atoms with Crippen LogP contribution in [0.5, 0.6) is 0 Å². The second-order valence-electron chi connectivity index (χ2n) is 6.13. The second-order valence-corrected chi connectivity index (χ2v) is 6.56. The van der Waals surface area contributed by atoms with E-state index in [9.17, 15) is 9.59 Å². The third-order valence-electron chi connectivity index (χ3n) is 4.36. The van der Waals surface area contributed by atoms with Gasteiger partial charge < -0.3 is 15.5 Å². The molecule has 0 spiro atoms. The van der Waals surface area contributed by atoms with Gasteiger partial charge in [0.25, 0.3) is 5.91 Å². The number of amides is 2. The van der Waals surface area contributed by atoms with Gasteiger partial charge in [0.05, 0.1) is 5.92 Å². The van der Waals surface area contributed by atoms with E-state index in [-0.39, 0.29) is 36.2 Å². The molecule has 5 nitrogen and oxygen atoms in total. The molecule has 1 fully saturated rings. The van der Waals surface area contributed by atoms with Crippen LogP contribution in [0.3, 0.4) is 0 Å². The summed E-state index contributed by atoms with van der Waals surface area (Å²) in [6.45, 7) is 6.11. The average Bonchev–Trinajstić information content (AvgIpc) is 2.79. The molecule has 134 valence electrons. The monoisotopic (exact) mass is 373 g/mol. The molecule has 1 aromatic rings. The number of carbonyl (C=O) groups is 2. The highest BCUT2D eigenvalue weighted by Crippen LogP contribution is 2.14. The maximum atomic E-state index is 12.5. The lowest BCUT2D eigenvalue weighted by Gasteiger charge is -2.26. The molecule has 1 aliphatic heterocycles. The van der Waals surface area contributed by atoms with Crippen LogP contribution in [-0.2, 0) is 4.79 Å². The van der Waals surface area contributed by atoms with Gasteiger partial charge in [-0.15, -0.1) is 12.4 Å². The van der Waals surface area contributed by atoms with Gasteiger partial charge >= 0.3 is 0 Å². The number of nitrogens with zero attached hydrogens (tertiary/aromatic N) is 2. The summed E-state index contributed by atoms with van der Waals surface area (Å²) in [7, 11) is 0. The van der Waals surface area contributed by atoms with Gasteiger partial charge in [-0.25, -0.2) is 0 Å². The van der Waals surface area contributed by atoms with Gasteiger partial charge in [0.2, 0.25) is 5.91 Å². The molecule has 0 aromatic heterocycles. The highest BCUT2D eigenvalue weighted by atomic mass is 35.5. The molecule has 2 N–H and O–H groups in total. The van der Waals surface area contributed by atoms with E-state index in [4.69, 9.17) is 17.3 Å². The van der Waals surface area contributed by atoms with Gasteiger partial charge in [-0.05, 0) is 37.6 Å². The van der Waals surface area contributed by atoms with E-state index in [1.54, 1.807) is 29.2 Å². The van der Waals surface area contributed by atoms with Crippen molar-refractivity contribution in [2.24, 2.45) is 11.7 Å². The molecule has 0 bridgehead atoms. The Balaban J connectivity index is 0.00000288. The van der Waals surface area contributed by atoms with E-state index in [1.165, 1.54) is 0 Å². The smallest absolute Gasteiger partial charge is 0.253 e. The zero-order valence-corrected chi connectivity index (χ0v) is 15.6. The van der Waals surface area contributed by atoms with Gasteiger partial charge in [-0.1, -0.05) is 18.5 Å². The van der Waals surface area contributed by atoms with E-state index < -0.39 is 0 Å². The molecule has 2 amide bonds. The standard InChI is InChI=1S/C17H24ClN3O2.ClH/c1-12(13(2)19)16(22)20-8-3-9-21(11-10-20)17(23)14-4-6-15(18)7-5-14;/h4-7,12-13H,3,8-11,19H2,1-2H3;1H. The topological polar surface area (TPSA) is 66.6 Å². The summed E-state index contributed by atoms with van der Waals surface area (Å²) >= 11 is 5.86. The SMILES string of the molecule is CC(N)C(C)C(=O)N1CCCN(C(=O)c2ccc(Cl)cc2)CC1.Cl. The molecule has 1 aromatic carbocycles. The Morgan fingerprint density at radius 3 is 2.17 bits per heavy atom. The van der Waals surface area contributed by atoms with E-state index in [0.29, 0.717) is 36.8 Å². The summed E-state index contributed by atoms with van der Waals surface area (Å²) in [6.07, 6.45) is 0.775.